The highest BCUT2D eigenvalue weighted by Gasteiger charge is 2.38. The van der Waals surface area contributed by atoms with E-state index in [-0.39, 0.29) is 36.1 Å². The first kappa shape index (κ1) is 22.0. The van der Waals surface area contributed by atoms with Gasteiger partial charge in [0.15, 0.2) is 0 Å². The summed E-state index contributed by atoms with van der Waals surface area (Å²) in [4.78, 5) is 40.9. The van der Waals surface area contributed by atoms with Crippen molar-refractivity contribution < 1.29 is 14.4 Å². The molecule has 0 saturated heterocycles. The lowest BCUT2D eigenvalue weighted by Crippen LogP contribution is -2.46. The monoisotopic (exact) mass is 434 g/mol. The molecule has 3 amide bonds. The number of nitrogens with zero attached hydrogens (tertiary/aromatic N) is 1. The minimum absolute atomic E-state index is 0.126. The Bertz CT molecular complexity index is 986. The fraction of sp³-hybridized carbons (Fsp3) is 0.400. The molecule has 0 bridgehead atoms. The number of hydrogen-bond donors (Lipinski definition) is 3. The van der Waals surface area contributed by atoms with E-state index in [9.17, 15) is 14.4 Å². The van der Waals surface area contributed by atoms with Gasteiger partial charge in [0.05, 0.1) is 11.4 Å². The Labute approximate surface area is 188 Å². The van der Waals surface area contributed by atoms with Crippen molar-refractivity contribution in [2.75, 3.05) is 23.3 Å². The van der Waals surface area contributed by atoms with E-state index in [0.29, 0.717) is 35.6 Å². The molecule has 1 saturated carbocycles. The second-order valence-electron chi connectivity index (χ2n) is 8.54. The normalized spacial score (nSPS) is 19.0. The molecule has 1 heterocycles. The van der Waals surface area contributed by atoms with E-state index in [1.54, 1.807) is 35.2 Å². The molecule has 2 aromatic rings. The van der Waals surface area contributed by atoms with Crippen molar-refractivity contribution >= 4 is 29.1 Å². The number of nitrogens with two attached hydrogens (primary N) is 1. The molecule has 0 aromatic heterocycles. The number of nitrogens with one attached hydrogen (secondary N) is 2. The lowest BCUT2D eigenvalue weighted by molar-refractivity contribution is -0.116. The number of carbonyl (C=O) groups excluding carboxylic acids is 3. The van der Waals surface area contributed by atoms with Gasteiger partial charge in [0, 0.05) is 36.7 Å². The topological polar surface area (TPSA) is 105 Å². The van der Waals surface area contributed by atoms with Crippen LogP contribution < -0.4 is 21.3 Å². The van der Waals surface area contributed by atoms with E-state index in [1.807, 2.05) is 18.2 Å². The Morgan fingerprint density at radius 1 is 1.03 bits per heavy atom. The van der Waals surface area contributed by atoms with E-state index in [0.717, 1.165) is 25.7 Å². The number of fused-ring (bicyclic) bond motifs is 1. The molecular formula is C25H30N4O3. The maximum absolute atomic E-state index is 13.7. The largest absolute Gasteiger partial charge is 0.351 e. The predicted octanol–water partition coefficient (Wildman–Crippen LogP) is 3.31. The van der Waals surface area contributed by atoms with Gasteiger partial charge >= 0.3 is 0 Å². The van der Waals surface area contributed by atoms with E-state index in [4.69, 9.17) is 5.73 Å². The highest BCUT2D eigenvalue weighted by molar-refractivity contribution is 6.12. The molecule has 4 rings (SSSR count). The molecule has 1 unspecified atom stereocenters. The van der Waals surface area contributed by atoms with Crippen LogP contribution in [0.5, 0.6) is 0 Å². The average molecular weight is 435 g/mol. The molecule has 1 aliphatic heterocycles. The Morgan fingerprint density at radius 2 is 1.78 bits per heavy atom. The molecule has 4 N–H and O–H groups in total. The molecule has 2 aliphatic rings. The first-order chi connectivity index (χ1) is 15.6. The zero-order valence-electron chi connectivity index (χ0n) is 18.2. The molecule has 0 radical (unpaired) electrons. The van der Waals surface area contributed by atoms with Gasteiger partial charge in [0.1, 0.15) is 0 Å². The van der Waals surface area contributed by atoms with Crippen LogP contribution in [0.2, 0.25) is 0 Å². The van der Waals surface area contributed by atoms with Crippen LogP contribution in [0.3, 0.4) is 0 Å². The van der Waals surface area contributed by atoms with Gasteiger partial charge in [-0.3, -0.25) is 14.4 Å². The smallest absolute Gasteiger partial charge is 0.258 e. The van der Waals surface area contributed by atoms with Gasteiger partial charge in [0.2, 0.25) is 5.91 Å². The van der Waals surface area contributed by atoms with Crippen molar-refractivity contribution in [2.24, 2.45) is 11.7 Å². The van der Waals surface area contributed by atoms with Crippen LogP contribution in [0.4, 0.5) is 11.4 Å². The summed E-state index contributed by atoms with van der Waals surface area (Å²) in [6.45, 7) is 0.709. The Balaban J connectivity index is 1.76. The number of carbonyl (C=O) groups is 3. The van der Waals surface area contributed by atoms with E-state index >= 15 is 0 Å². The van der Waals surface area contributed by atoms with Crippen LogP contribution in [0.15, 0.2) is 48.5 Å². The molecule has 168 valence electrons. The second kappa shape index (κ2) is 9.96. The number of rotatable bonds is 5. The van der Waals surface area contributed by atoms with Gasteiger partial charge in [-0.2, -0.15) is 0 Å². The minimum Gasteiger partial charge on any atom is -0.351 e. The fourth-order valence-corrected chi connectivity index (χ4v) is 4.81. The molecule has 7 nitrogen and oxygen atoms in total. The van der Waals surface area contributed by atoms with Crippen LogP contribution in [0.25, 0.3) is 0 Å². The Morgan fingerprint density at radius 3 is 2.50 bits per heavy atom. The molecule has 7 heteroatoms. The summed E-state index contributed by atoms with van der Waals surface area (Å²) in [6, 6.07) is 14.1. The summed E-state index contributed by atoms with van der Waals surface area (Å²) in [5, 5.41) is 5.69. The SMILES string of the molecule is NCCNC(=O)c1ccc2c(c1)NC(=O)CC(C1CCCCC1)N2C(=O)c1ccccc1. The van der Waals surface area contributed by atoms with E-state index < -0.39 is 0 Å². The van der Waals surface area contributed by atoms with Gasteiger partial charge in [-0.15, -0.1) is 0 Å². The van der Waals surface area contributed by atoms with Gasteiger partial charge in [0.25, 0.3) is 11.8 Å². The van der Waals surface area contributed by atoms with Gasteiger partial charge in [-0.1, -0.05) is 37.5 Å². The van der Waals surface area contributed by atoms with Crippen molar-refractivity contribution in [2.45, 2.75) is 44.6 Å². The maximum Gasteiger partial charge on any atom is 0.258 e. The third-order valence-electron chi connectivity index (χ3n) is 6.38. The van der Waals surface area contributed by atoms with Crippen LogP contribution in [-0.4, -0.2) is 36.9 Å². The number of anilines is 2. The zero-order chi connectivity index (χ0) is 22.5. The first-order valence-corrected chi connectivity index (χ1v) is 11.4. The lowest BCUT2D eigenvalue weighted by Gasteiger charge is -2.37. The van der Waals surface area contributed by atoms with Crippen LogP contribution in [0, 0.1) is 5.92 Å². The summed E-state index contributed by atoms with van der Waals surface area (Å²) < 4.78 is 0. The molecular weight excluding hydrogens is 404 g/mol. The van der Waals surface area contributed by atoms with Crippen molar-refractivity contribution in [1.29, 1.82) is 0 Å². The summed E-state index contributed by atoms with van der Waals surface area (Å²) in [7, 11) is 0. The van der Waals surface area contributed by atoms with Crippen LogP contribution in [-0.2, 0) is 4.79 Å². The number of amides is 3. The van der Waals surface area contributed by atoms with Crippen molar-refractivity contribution in [3.63, 3.8) is 0 Å². The van der Waals surface area contributed by atoms with Crippen molar-refractivity contribution in [3.8, 4) is 0 Å². The summed E-state index contributed by atoms with van der Waals surface area (Å²) in [5.74, 6) is -0.258. The molecule has 32 heavy (non-hydrogen) atoms. The Kier molecular flexibility index (Phi) is 6.85. The highest BCUT2D eigenvalue weighted by atomic mass is 16.2. The van der Waals surface area contributed by atoms with Gasteiger partial charge in [-0.05, 0) is 49.1 Å². The van der Waals surface area contributed by atoms with Gasteiger partial charge < -0.3 is 21.3 Å². The molecule has 1 fully saturated rings. The minimum atomic E-state index is -0.262. The lowest BCUT2D eigenvalue weighted by atomic mass is 9.81. The highest BCUT2D eigenvalue weighted by Crippen LogP contribution is 2.39. The summed E-state index contributed by atoms with van der Waals surface area (Å²) >= 11 is 0. The first-order valence-electron chi connectivity index (χ1n) is 11.4. The van der Waals surface area contributed by atoms with Crippen molar-refractivity contribution in [3.05, 3.63) is 59.7 Å². The number of benzene rings is 2. The molecule has 0 spiro atoms. The van der Waals surface area contributed by atoms with Crippen molar-refractivity contribution in [1.82, 2.24) is 5.32 Å². The quantitative estimate of drug-likeness (QED) is 0.671. The van der Waals surface area contributed by atoms with E-state index in [2.05, 4.69) is 10.6 Å². The third-order valence-corrected chi connectivity index (χ3v) is 6.38. The molecule has 2 aromatic carbocycles. The van der Waals surface area contributed by atoms with Gasteiger partial charge in [-0.25, -0.2) is 0 Å². The molecule has 1 atom stereocenters. The zero-order valence-corrected chi connectivity index (χ0v) is 18.2. The second-order valence-corrected chi connectivity index (χ2v) is 8.54. The third kappa shape index (κ3) is 4.67. The fourth-order valence-electron chi connectivity index (χ4n) is 4.81. The standard InChI is InChI=1S/C25H30N4O3/c26-13-14-27-24(31)19-11-12-21-20(15-19)28-23(30)16-22(17-7-3-1-4-8-17)29(21)25(32)18-9-5-2-6-10-18/h2,5-6,9-12,15,17,22H,1,3-4,7-8,13-14,16,26H2,(H,27,31)(H,28,30). The van der Waals surface area contributed by atoms with Crippen LogP contribution in [0.1, 0.15) is 59.2 Å². The summed E-state index contributed by atoms with van der Waals surface area (Å²) in [6.07, 6.45) is 5.68. The van der Waals surface area contributed by atoms with Crippen LogP contribution >= 0.6 is 0 Å². The predicted molar refractivity (Wildman–Crippen MR) is 125 cm³/mol. The van der Waals surface area contributed by atoms with E-state index in [1.165, 1.54) is 6.42 Å². The maximum atomic E-state index is 13.7. The average Bonchev–Trinajstić information content (AvgIpc) is 2.98. The molecule has 1 aliphatic carbocycles. The Hall–Kier alpha value is -3.19. The summed E-state index contributed by atoms with van der Waals surface area (Å²) in [5.41, 5.74) is 7.60. The number of hydrogen-bond acceptors (Lipinski definition) is 4.